The molecule has 0 unspecified atom stereocenters. The Kier molecular flexibility index (Phi) is 6.87. The molecule has 0 aliphatic carbocycles. The number of hydrogen-bond donors (Lipinski definition) is 1. The molecule has 3 rings (SSSR count). The van der Waals surface area contributed by atoms with Crippen molar-refractivity contribution in [3.8, 4) is 5.75 Å². The number of halogens is 3. The van der Waals surface area contributed by atoms with Crippen LogP contribution in [0.4, 0.5) is 24.5 Å². The summed E-state index contributed by atoms with van der Waals surface area (Å²) in [7, 11) is -2.04. The van der Waals surface area contributed by atoms with Gasteiger partial charge in [0, 0.05) is 19.2 Å². The predicted octanol–water partition coefficient (Wildman–Crippen LogP) is 4.29. The van der Waals surface area contributed by atoms with Gasteiger partial charge in [-0.25, -0.2) is 13.2 Å². The van der Waals surface area contributed by atoms with Crippen molar-refractivity contribution in [1.82, 2.24) is 0 Å². The molecule has 1 fully saturated rings. The summed E-state index contributed by atoms with van der Waals surface area (Å²) in [4.78, 5) is 13.3. The summed E-state index contributed by atoms with van der Waals surface area (Å²) in [6.45, 7) is 1.06. The largest absolute Gasteiger partial charge is 0.497 e. The molecule has 1 heterocycles. The molecule has 2 aromatic rings. The number of ether oxygens (including phenoxy) is 2. The SMILES string of the molecule is COC(=O)c1ccc(OC)cc1NS(=O)(=O)c1cc(C(F)(F)F)ccc1N1CCCCC1. The van der Waals surface area contributed by atoms with Crippen LogP contribution in [-0.2, 0) is 20.9 Å². The second-order valence-electron chi connectivity index (χ2n) is 7.24. The molecule has 0 spiro atoms. The molecule has 1 saturated heterocycles. The van der Waals surface area contributed by atoms with Gasteiger partial charge in [0.1, 0.15) is 10.6 Å². The van der Waals surface area contributed by atoms with Crippen LogP contribution < -0.4 is 14.4 Å². The van der Waals surface area contributed by atoms with Gasteiger partial charge in [-0.15, -0.1) is 0 Å². The van der Waals surface area contributed by atoms with Crippen molar-refractivity contribution < 1.29 is 35.9 Å². The summed E-state index contributed by atoms with van der Waals surface area (Å²) in [6, 6.07) is 6.67. The molecule has 0 aromatic heterocycles. The third kappa shape index (κ3) is 5.09. The summed E-state index contributed by atoms with van der Waals surface area (Å²) < 4.78 is 78.7. The molecule has 11 heteroatoms. The summed E-state index contributed by atoms with van der Waals surface area (Å²) in [6.07, 6.45) is -2.16. The fraction of sp³-hybridized carbons (Fsp3) is 0.381. The zero-order chi connectivity index (χ0) is 23.5. The highest BCUT2D eigenvalue weighted by atomic mass is 32.2. The number of anilines is 2. The lowest BCUT2D eigenvalue weighted by Crippen LogP contribution is -2.31. The topological polar surface area (TPSA) is 84.9 Å². The number of esters is 1. The maximum absolute atomic E-state index is 13.4. The van der Waals surface area contributed by atoms with Crippen LogP contribution in [0.1, 0.15) is 35.2 Å². The normalized spacial score (nSPS) is 14.7. The average molecular weight is 472 g/mol. The van der Waals surface area contributed by atoms with Crippen molar-refractivity contribution in [2.24, 2.45) is 0 Å². The first-order chi connectivity index (χ1) is 15.1. The van der Waals surface area contributed by atoms with E-state index in [9.17, 15) is 26.4 Å². The standard InChI is InChI=1S/C21H23F3N2O5S/c1-30-15-7-8-16(20(27)31-2)17(13-15)25-32(28,29)19-12-14(21(22,23)24)6-9-18(19)26-10-4-3-5-11-26/h6-9,12-13,25H,3-5,10-11H2,1-2H3. The van der Waals surface area contributed by atoms with Gasteiger partial charge in [0.05, 0.1) is 36.7 Å². The molecule has 7 nitrogen and oxygen atoms in total. The lowest BCUT2D eigenvalue weighted by Gasteiger charge is -2.31. The Bertz CT molecular complexity index is 1100. The molecule has 0 saturated carbocycles. The first-order valence-corrected chi connectivity index (χ1v) is 11.3. The van der Waals surface area contributed by atoms with Crippen molar-refractivity contribution >= 4 is 27.4 Å². The number of benzene rings is 2. The Morgan fingerprint density at radius 3 is 2.31 bits per heavy atom. The van der Waals surface area contributed by atoms with E-state index in [-0.39, 0.29) is 22.7 Å². The number of carbonyl (C=O) groups excluding carboxylic acids is 1. The quantitative estimate of drug-likeness (QED) is 0.632. The Morgan fingerprint density at radius 2 is 1.72 bits per heavy atom. The van der Waals surface area contributed by atoms with Crippen LogP contribution in [0.15, 0.2) is 41.3 Å². The van der Waals surface area contributed by atoms with Gasteiger partial charge in [0.25, 0.3) is 10.0 Å². The molecule has 174 valence electrons. The molecular formula is C21H23F3N2O5S. The molecular weight excluding hydrogens is 449 g/mol. The number of rotatable bonds is 6. The van der Waals surface area contributed by atoms with Crippen molar-refractivity contribution in [3.63, 3.8) is 0 Å². The molecule has 32 heavy (non-hydrogen) atoms. The van der Waals surface area contributed by atoms with Crippen LogP contribution >= 0.6 is 0 Å². The van der Waals surface area contributed by atoms with Crippen LogP contribution in [0.2, 0.25) is 0 Å². The molecule has 1 N–H and O–H groups in total. The van der Waals surface area contributed by atoms with Gasteiger partial charge >= 0.3 is 12.1 Å². The fourth-order valence-electron chi connectivity index (χ4n) is 3.52. The summed E-state index contributed by atoms with van der Waals surface area (Å²) in [5, 5.41) is 0. The van der Waals surface area contributed by atoms with Crippen LogP contribution in [-0.4, -0.2) is 41.7 Å². The number of nitrogens with zero attached hydrogens (tertiary/aromatic N) is 1. The maximum atomic E-state index is 13.4. The first-order valence-electron chi connectivity index (χ1n) is 9.82. The lowest BCUT2D eigenvalue weighted by molar-refractivity contribution is -0.137. The maximum Gasteiger partial charge on any atom is 0.416 e. The van der Waals surface area contributed by atoms with Gasteiger partial charge in [-0.1, -0.05) is 0 Å². The third-order valence-electron chi connectivity index (χ3n) is 5.15. The van der Waals surface area contributed by atoms with Crippen LogP contribution in [0.5, 0.6) is 5.75 Å². The Balaban J connectivity index is 2.12. The van der Waals surface area contributed by atoms with E-state index in [4.69, 9.17) is 4.74 Å². The number of sulfonamides is 1. The highest BCUT2D eigenvalue weighted by molar-refractivity contribution is 7.92. The van der Waals surface area contributed by atoms with Crippen LogP contribution in [0.3, 0.4) is 0 Å². The second-order valence-corrected chi connectivity index (χ2v) is 8.89. The number of carbonyl (C=O) groups is 1. The van der Waals surface area contributed by atoms with E-state index in [1.807, 2.05) is 0 Å². The number of nitrogens with one attached hydrogen (secondary N) is 1. The summed E-state index contributed by atoms with van der Waals surface area (Å²) in [5.74, 6) is -0.568. The van der Waals surface area contributed by atoms with E-state index in [0.717, 1.165) is 32.4 Å². The highest BCUT2D eigenvalue weighted by Gasteiger charge is 2.34. The van der Waals surface area contributed by atoms with E-state index < -0.39 is 32.6 Å². The molecule has 1 aliphatic heterocycles. The minimum Gasteiger partial charge on any atom is -0.497 e. The van der Waals surface area contributed by atoms with Crippen molar-refractivity contribution in [3.05, 3.63) is 47.5 Å². The smallest absolute Gasteiger partial charge is 0.416 e. The van der Waals surface area contributed by atoms with E-state index in [0.29, 0.717) is 19.2 Å². The molecule has 2 aromatic carbocycles. The predicted molar refractivity (Wildman–Crippen MR) is 113 cm³/mol. The van der Waals surface area contributed by atoms with Crippen LogP contribution in [0, 0.1) is 0 Å². The zero-order valence-corrected chi connectivity index (χ0v) is 18.3. The monoisotopic (exact) mass is 472 g/mol. The number of hydrogen-bond acceptors (Lipinski definition) is 6. The zero-order valence-electron chi connectivity index (χ0n) is 17.5. The van der Waals surface area contributed by atoms with E-state index in [1.54, 1.807) is 4.90 Å². The highest BCUT2D eigenvalue weighted by Crippen LogP contribution is 2.37. The van der Waals surface area contributed by atoms with Crippen LogP contribution in [0.25, 0.3) is 0 Å². The first kappa shape index (κ1) is 23.7. The van der Waals surface area contributed by atoms with Crippen molar-refractivity contribution in [1.29, 1.82) is 0 Å². The molecule has 0 radical (unpaired) electrons. The molecule has 1 aliphatic rings. The summed E-state index contributed by atoms with van der Waals surface area (Å²) in [5.41, 5.74) is -1.19. The van der Waals surface area contributed by atoms with E-state index in [1.165, 1.54) is 31.4 Å². The minimum absolute atomic E-state index is 0.108. The van der Waals surface area contributed by atoms with Gasteiger partial charge in [-0.2, -0.15) is 13.2 Å². The average Bonchev–Trinajstić information content (AvgIpc) is 2.77. The number of alkyl halides is 3. The number of piperidine rings is 1. The third-order valence-corrected chi connectivity index (χ3v) is 6.54. The van der Waals surface area contributed by atoms with Gasteiger partial charge in [0.15, 0.2) is 0 Å². The minimum atomic E-state index is -4.72. The number of methoxy groups -OCH3 is 2. The lowest BCUT2D eigenvalue weighted by atomic mass is 10.1. The van der Waals surface area contributed by atoms with Gasteiger partial charge in [-0.05, 0) is 49.6 Å². The van der Waals surface area contributed by atoms with Gasteiger partial charge in [-0.3, -0.25) is 4.72 Å². The Morgan fingerprint density at radius 1 is 1.03 bits per heavy atom. The molecule has 0 bridgehead atoms. The van der Waals surface area contributed by atoms with E-state index >= 15 is 0 Å². The van der Waals surface area contributed by atoms with E-state index in [2.05, 4.69) is 9.46 Å². The van der Waals surface area contributed by atoms with Gasteiger partial charge < -0.3 is 14.4 Å². The Labute approximate surface area is 184 Å². The molecule has 0 atom stereocenters. The molecule has 0 amide bonds. The second kappa shape index (κ2) is 9.27. The van der Waals surface area contributed by atoms with Crippen molar-refractivity contribution in [2.45, 2.75) is 30.3 Å². The van der Waals surface area contributed by atoms with Crippen molar-refractivity contribution in [2.75, 3.05) is 36.9 Å². The Hall–Kier alpha value is -2.95. The summed E-state index contributed by atoms with van der Waals surface area (Å²) >= 11 is 0. The van der Waals surface area contributed by atoms with Gasteiger partial charge in [0.2, 0.25) is 0 Å². The fourth-order valence-corrected chi connectivity index (χ4v) is 4.85.